The van der Waals surface area contributed by atoms with E-state index in [1.165, 1.54) is 11.8 Å². The zero-order valence-corrected chi connectivity index (χ0v) is 19.7. The molecule has 0 amide bonds. The van der Waals surface area contributed by atoms with Crippen LogP contribution in [0.2, 0.25) is 0 Å². The second kappa shape index (κ2) is 8.38. The van der Waals surface area contributed by atoms with Gasteiger partial charge in [-0.05, 0) is 20.3 Å². The molecule has 1 N–H and O–H groups in total. The molecular weight excluding hydrogens is 477 g/mol. The standard InChI is InChI=1S/C17H22Cl3N5O4S/c1-4-5-30-15-21-13-10(14(22-15)27-7-17(18,19)20)23-24-25(13)8-6-9(26)12-11(8)28-16(2,3)29-12/h8-9,11-12,26H,4-7H2,1-3H3/t8-,9+,11+,12-/m1/s1. The molecular formula is C17H22Cl3N5O4S. The molecule has 0 spiro atoms. The summed E-state index contributed by atoms with van der Waals surface area (Å²) in [6.07, 6.45) is -0.160. The maximum Gasteiger partial charge on any atom is 0.248 e. The molecule has 1 saturated carbocycles. The number of rotatable bonds is 6. The molecule has 0 bridgehead atoms. The summed E-state index contributed by atoms with van der Waals surface area (Å²) in [5, 5.41) is 19.5. The second-order valence-electron chi connectivity index (χ2n) is 7.71. The van der Waals surface area contributed by atoms with Gasteiger partial charge < -0.3 is 19.3 Å². The number of fused-ring (bicyclic) bond motifs is 2. The Morgan fingerprint density at radius 2 is 2.00 bits per heavy atom. The third-order valence-electron chi connectivity index (χ3n) is 4.80. The van der Waals surface area contributed by atoms with Crippen LogP contribution in [0.3, 0.4) is 0 Å². The molecule has 4 rings (SSSR count). The summed E-state index contributed by atoms with van der Waals surface area (Å²) in [6, 6.07) is -0.309. The molecule has 2 aliphatic rings. The normalized spacial score (nSPS) is 28.2. The van der Waals surface area contributed by atoms with Crippen LogP contribution >= 0.6 is 46.6 Å². The van der Waals surface area contributed by atoms with Gasteiger partial charge in [0.25, 0.3) is 0 Å². The lowest BCUT2D eigenvalue weighted by atomic mass is 10.2. The highest BCUT2D eigenvalue weighted by atomic mass is 35.6. The minimum atomic E-state index is -1.60. The Bertz CT molecular complexity index is 925. The van der Waals surface area contributed by atoms with Crippen molar-refractivity contribution in [3.63, 3.8) is 0 Å². The van der Waals surface area contributed by atoms with Gasteiger partial charge in [-0.2, -0.15) is 4.98 Å². The van der Waals surface area contributed by atoms with E-state index in [4.69, 9.17) is 49.0 Å². The molecule has 1 saturated heterocycles. The largest absolute Gasteiger partial charge is 0.471 e. The SMILES string of the molecule is CCCSc1nc(OCC(Cl)(Cl)Cl)c2nnn([C@@H]3C[C@H](O)[C@H]4OC(C)(C)O[C@H]43)c2n1. The number of aliphatic hydroxyl groups is 1. The lowest BCUT2D eigenvalue weighted by Crippen LogP contribution is -2.29. The average molecular weight is 499 g/mol. The third kappa shape index (κ3) is 4.60. The molecule has 30 heavy (non-hydrogen) atoms. The predicted octanol–water partition coefficient (Wildman–Crippen LogP) is 3.30. The van der Waals surface area contributed by atoms with E-state index in [2.05, 4.69) is 27.2 Å². The first-order valence-corrected chi connectivity index (χ1v) is 11.7. The van der Waals surface area contributed by atoms with Crippen molar-refractivity contribution in [3.8, 4) is 5.88 Å². The Morgan fingerprint density at radius 3 is 2.70 bits per heavy atom. The summed E-state index contributed by atoms with van der Waals surface area (Å²) in [5.41, 5.74) is 0.815. The molecule has 4 atom stereocenters. The highest BCUT2D eigenvalue weighted by Gasteiger charge is 2.55. The number of hydrogen-bond acceptors (Lipinski definition) is 9. The molecule has 2 aromatic heterocycles. The number of aromatic nitrogens is 5. The first-order valence-electron chi connectivity index (χ1n) is 9.57. The Kier molecular flexibility index (Phi) is 6.31. The van der Waals surface area contributed by atoms with Crippen molar-refractivity contribution in [2.45, 2.75) is 72.7 Å². The van der Waals surface area contributed by atoms with Gasteiger partial charge in [0, 0.05) is 12.2 Å². The van der Waals surface area contributed by atoms with Crippen LogP contribution in [0, 0.1) is 0 Å². The van der Waals surface area contributed by atoms with E-state index in [9.17, 15) is 5.11 Å². The predicted molar refractivity (Wildman–Crippen MR) is 113 cm³/mol. The van der Waals surface area contributed by atoms with E-state index < -0.39 is 21.8 Å². The number of aliphatic hydroxyl groups excluding tert-OH is 1. The van der Waals surface area contributed by atoms with Gasteiger partial charge in [0.05, 0.1) is 12.1 Å². The van der Waals surface area contributed by atoms with Crippen molar-refractivity contribution < 1.29 is 19.3 Å². The molecule has 9 nitrogen and oxygen atoms in total. The van der Waals surface area contributed by atoms with Crippen LogP contribution in [0.5, 0.6) is 5.88 Å². The average Bonchev–Trinajstić information content (AvgIpc) is 3.29. The van der Waals surface area contributed by atoms with Crippen LogP contribution in [-0.4, -0.2) is 70.3 Å². The van der Waals surface area contributed by atoms with E-state index in [1.807, 2.05) is 13.8 Å². The van der Waals surface area contributed by atoms with Crippen molar-refractivity contribution >= 4 is 57.7 Å². The quantitative estimate of drug-likeness (QED) is 0.365. The zero-order chi connectivity index (χ0) is 21.7. The Balaban J connectivity index is 1.72. The van der Waals surface area contributed by atoms with Crippen molar-refractivity contribution in [2.75, 3.05) is 12.4 Å². The Labute approximate surface area is 192 Å². The lowest BCUT2D eigenvalue weighted by molar-refractivity contribution is -0.165. The van der Waals surface area contributed by atoms with Crippen LogP contribution in [-0.2, 0) is 9.47 Å². The van der Waals surface area contributed by atoms with Gasteiger partial charge in [0.1, 0.15) is 18.8 Å². The fourth-order valence-corrected chi connectivity index (χ4v) is 4.53. The number of halogens is 3. The zero-order valence-electron chi connectivity index (χ0n) is 16.6. The highest BCUT2D eigenvalue weighted by molar-refractivity contribution is 7.99. The fourth-order valence-electron chi connectivity index (χ4n) is 3.69. The molecule has 0 radical (unpaired) electrons. The number of nitrogens with zero attached hydrogens (tertiary/aromatic N) is 5. The van der Waals surface area contributed by atoms with E-state index in [1.54, 1.807) is 4.68 Å². The topological polar surface area (TPSA) is 104 Å². The van der Waals surface area contributed by atoms with Crippen molar-refractivity contribution in [1.82, 2.24) is 25.0 Å². The molecule has 1 aliphatic heterocycles. The molecule has 2 fully saturated rings. The van der Waals surface area contributed by atoms with E-state index in [0.717, 1.165) is 12.2 Å². The summed E-state index contributed by atoms with van der Waals surface area (Å²) >= 11 is 19.0. The molecule has 166 valence electrons. The van der Waals surface area contributed by atoms with Crippen molar-refractivity contribution in [1.29, 1.82) is 0 Å². The Hall–Kier alpha value is -0.620. The van der Waals surface area contributed by atoms with Crippen LogP contribution in [0.1, 0.15) is 39.7 Å². The van der Waals surface area contributed by atoms with Gasteiger partial charge in [-0.3, -0.25) is 0 Å². The maximum atomic E-state index is 10.5. The Morgan fingerprint density at radius 1 is 1.27 bits per heavy atom. The molecule has 1 aliphatic carbocycles. The number of hydrogen-bond donors (Lipinski definition) is 1. The third-order valence-corrected chi connectivity index (χ3v) is 6.18. The van der Waals surface area contributed by atoms with Crippen molar-refractivity contribution in [2.24, 2.45) is 0 Å². The summed E-state index contributed by atoms with van der Waals surface area (Å²) in [5.74, 6) is 0.228. The van der Waals surface area contributed by atoms with Crippen molar-refractivity contribution in [3.05, 3.63) is 0 Å². The second-order valence-corrected chi connectivity index (χ2v) is 11.3. The monoisotopic (exact) mass is 497 g/mol. The molecule has 3 heterocycles. The first-order chi connectivity index (χ1) is 14.1. The number of alkyl halides is 3. The molecule has 13 heteroatoms. The summed E-state index contributed by atoms with van der Waals surface area (Å²) in [4.78, 5) is 9.05. The van der Waals surface area contributed by atoms with Crippen LogP contribution < -0.4 is 4.74 Å². The minimum absolute atomic E-state index is 0.190. The first kappa shape index (κ1) is 22.6. The fraction of sp³-hybridized carbons (Fsp3) is 0.765. The van der Waals surface area contributed by atoms with Crippen LogP contribution in [0.15, 0.2) is 5.16 Å². The van der Waals surface area contributed by atoms with Gasteiger partial charge in [-0.15, -0.1) is 5.10 Å². The number of thioether (sulfide) groups is 1. The van der Waals surface area contributed by atoms with Gasteiger partial charge >= 0.3 is 0 Å². The van der Waals surface area contributed by atoms with Gasteiger partial charge in [0.2, 0.25) is 9.67 Å². The molecule has 2 aromatic rings. The van der Waals surface area contributed by atoms with E-state index >= 15 is 0 Å². The van der Waals surface area contributed by atoms with Gasteiger partial charge in [0.15, 0.2) is 22.1 Å². The summed E-state index contributed by atoms with van der Waals surface area (Å²) < 4.78 is 17.6. The van der Waals surface area contributed by atoms with E-state index in [-0.39, 0.29) is 24.6 Å². The van der Waals surface area contributed by atoms with Crippen LogP contribution in [0.25, 0.3) is 11.2 Å². The summed E-state index contributed by atoms with van der Waals surface area (Å²) in [7, 11) is 0. The van der Waals surface area contributed by atoms with E-state index in [0.29, 0.717) is 22.7 Å². The highest BCUT2D eigenvalue weighted by Crippen LogP contribution is 2.44. The molecule has 0 unspecified atom stereocenters. The lowest BCUT2D eigenvalue weighted by Gasteiger charge is -2.22. The minimum Gasteiger partial charge on any atom is -0.471 e. The summed E-state index contributed by atoms with van der Waals surface area (Å²) in [6.45, 7) is 5.50. The van der Waals surface area contributed by atoms with Crippen LogP contribution in [0.4, 0.5) is 0 Å². The molecule has 0 aromatic carbocycles. The van der Waals surface area contributed by atoms with Gasteiger partial charge in [-0.25, -0.2) is 9.67 Å². The van der Waals surface area contributed by atoms with Gasteiger partial charge in [-0.1, -0.05) is 58.7 Å². The smallest absolute Gasteiger partial charge is 0.248 e. The maximum absolute atomic E-state index is 10.5. The number of ether oxygens (including phenoxy) is 3.